The first-order valence-electron chi connectivity index (χ1n) is 9.24. The molecule has 2 aromatic carbocycles. The minimum absolute atomic E-state index is 0.0782. The van der Waals surface area contributed by atoms with Gasteiger partial charge < -0.3 is 15.1 Å². The van der Waals surface area contributed by atoms with Gasteiger partial charge in [0.05, 0.1) is 5.75 Å². The van der Waals surface area contributed by atoms with Crippen LogP contribution < -0.4 is 15.1 Å². The van der Waals surface area contributed by atoms with E-state index in [-0.39, 0.29) is 5.91 Å². The van der Waals surface area contributed by atoms with Crippen LogP contribution in [-0.4, -0.2) is 48.0 Å². The first kappa shape index (κ1) is 20.0. The van der Waals surface area contributed by atoms with Crippen LogP contribution in [0.3, 0.4) is 0 Å². The summed E-state index contributed by atoms with van der Waals surface area (Å²) in [7, 11) is 0. The van der Waals surface area contributed by atoms with E-state index in [1.165, 1.54) is 28.8 Å². The number of anilines is 3. The number of nitrogens with zero attached hydrogens (tertiary/aromatic N) is 4. The van der Waals surface area contributed by atoms with E-state index in [0.29, 0.717) is 10.8 Å². The van der Waals surface area contributed by atoms with E-state index in [2.05, 4.69) is 49.6 Å². The number of para-hydroxylation sites is 1. The van der Waals surface area contributed by atoms with E-state index < -0.39 is 0 Å². The van der Waals surface area contributed by atoms with Gasteiger partial charge in [-0.15, -0.1) is 10.2 Å². The lowest BCUT2D eigenvalue weighted by atomic mass is 10.2. The Morgan fingerprint density at radius 3 is 2.41 bits per heavy atom. The average Bonchev–Trinajstić information content (AvgIpc) is 3.24. The highest BCUT2D eigenvalue weighted by Crippen LogP contribution is 2.29. The van der Waals surface area contributed by atoms with E-state index >= 15 is 0 Å². The molecule has 150 valence electrons. The maximum absolute atomic E-state index is 12.1. The Kier molecular flexibility index (Phi) is 6.53. The molecule has 1 aromatic heterocycles. The van der Waals surface area contributed by atoms with Crippen molar-refractivity contribution < 1.29 is 4.79 Å². The molecule has 3 aromatic rings. The molecule has 29 heavy (non-hydrogen) atoms. The Balaban J connectivity index is 1.25. The zero-order valence-electron chi connectivity index (χ0n) is 15.6. The Labute approximate surface area is 182 Å². The van der Waals surface area contributed by atoms with Gasteiger partial charge in [-0.05, 0) is 36.4 Å². The molecule has 2 heterocycles. The van der Waals surface area contributed by atoms with Crippen molar-refractivity contribution in [2.75, 3.05) is 47.0 Å². The average molecular weight is 446 g/mol. The molecule has 9 heteroatoms. The summed E-state index contributed by atoms with van der Waals surface area (Å²) < 4.78 is 0.803. The fourth-order valence-corrected chi connectivity index (χ4v) is 4.86. The van der Waals surface area contributed by atoms with Gasteiger partial charge in [-0.3, -0.25) is 4.79 Å². The van der Waals surface area contributed by atoms with Crippen molar-refractivity contribution >= 4 is 57.1 Å². The van der Waals surface area contributed by atoms with Crippen LogP contribution in [0.1, 0.15) is 0 Å². The molecule has 1 aliphatic rings. The summed E-state index contributed by atoms with van der Waals surface area (Å²) in [5.74, 6) is 0.213. The van der Waals surface area contributed by atoms with E-state index in [4.69, 9.17) is 11.6 Å². The zero-order valence-corrected chi connectivity index (χ0v) is 18.0. The Hall–Kier alpha value is -2.29. The third-order valence-electron chi connectivity index (χ3n) is 4.52. The smallest absolute Gasteiger partial charge is 0.234 e. The molecule has 0 saturated carbocycles. The summed E-state index contributed by atoms with van der Waals surface area (Å²) in [6, 6.07) is 17.5. The minimum atomic E-state index is -0.0782. The Morgan fingerprint density at radius 2 is 1.69 bits per heavy atom. The minimum Gasteiger partial charge on any atom is -0.368 e. The highest BCUT2D eigenvalue weighted by molar-refractivity contribution is 8.01. The molecule has 0 bridgehead atoms. The topological polar surface area (TPSA) is 61.4 Å². The number of piperazine rings is 1. The number of carbonyl (C=O) groups is 1. The molecule has 0 aliphatic carbocycles. The number of hydrogen-bond acceptors (Lipinski definition) is 7. The van der Waals surface area contributed by atoms with Gasteiger partial charge >= 0.3 is 0 Å². The van der Waals surface area contributed by atoms with Crippen molar-refractivity contribution in [1.29, 1.82) is 0 Å². The van der Waals surface area contributed by atoms with Crippen LogP contribution in [0.4, 0.5) is 16.5 Å². The van der Waals surface area contributed by atoms with Crippen LogP contribution in [0.2, 0.25) is 5.02 Å². The number of thioether (sulfide) groups is 1. The van der Waals surface area contributed by atoms with Crippen molar-refractivity contribution in [1.82, 2.24) is 10.2 Å². The molecule has 0 spiro atoms. The van der Waals surface area contributed by atoms with Gasteiger partial charge in [-0.1, -0.05) is 52.9 Å². The monoisotopic (exact) mass is 445 g/mol. The zero-order chi connectivity index (χ0) is 20.1. The fraction of sp³-hybridized carbons (Fsp3) is 0.250. The maximum atomic E-state index is 12.1. The highest BCUT2D eigenvalue weighted by atomic mass is 35.5. The summed E-state index contributed by atoms with van der Waals surface area (Å²) in [6.07, 6.45) is 0. The van der Waals surface area contributed by atoms with Crippen molar-refractivity contribution in [3.05, 3.63) is 59.6 Å². The quantitative estimate of drug-likeness (QED) is 0.572. The van der Waals surface area contributed by atoms with Gasteiger partial charge in [-0.25, -0.2) is 0 Å². The Morgan fingerprint density at radius 1 is 1.00 bits per heavy atom. The lowest BCUT2D eigenvalue weighted by Crippen LogP contribution is -2.46. The number of hydrogen-bond donors (Lipinski definition) is 1. The second-order valence-corrected chi connectivity index (χ2v) is 9.12. The lowest BCUT2D eigenvalue weighted by Gasteiger charge is -2.35. The fourth-order valence-electron chi connectivity index (χ4n) is 3.04. The van der Waals surface area contributed by atoms with Crippen LogP contribution in [0.5, 0.6) is 0 Å². The second kappa shape index (κ2) is 9.47. The van der Waals surface area contributed by atoms with Crippen molar-refractivity contribution in [3.63, 3.8) is 0 Å². The van der Waals surface area contributed by atoms with Crippen LogP contribution in [0, 0.1) is 0 Å². The SMILES string of the molecule is O=C(CSc1nnc(N2CCN(c3ccccc3)CC2)s1)Nc1ccc(Cl)cc1. The Bertz CT molecular complexity index is 943. The summed E-state index contributed by atoms with van der Waals surface area (Å²) in [4.78, 5) is 16.8. The molecule has 4 rings (SSSR count). The summed E-state index contributed by atoms with van der Waals surface area (Å²) >= 11 is 8.80. The number of rotatable bonds is 6. The predicted molar refractivity (Wildman–Crippen MR) is 122 cm³/mol. The maximum Gasteiger partial charge on any atom is 0.234 e. The number of nitrogens with one attached hydrogen (secondary N) is 1. The van der Waals surface area contributed by atoms with Gasteiger partial charge in [0.2, 0.25) is 11.0 Å². The number of benzene rings is 2. The van der Waals surface area contributed by atoms with E-state index in [9.17, 15) is 4.79 Å². The number of amides is 1. The lowest BCUT2D eigenvalue weighted by molar-refractivity contribution is -0.113. The van der Waals surface area contributed by atoms with E-state index in [0.717, 1.165) is 41.3 Å². The molecule has 1 saturated heterocycles. The first-order chi connectivity index (χ1) is 14.2. The van der Waals surface area contributed by atoms with E-state index in [1.807, 2.05) is 6.07 Å². The summed E-state index contributed by atoms with van der Waals surface area (Å²) in [5, 5.41) is 13.0. The molecule has 0 atom stereocenters. The van der Waals surface area contributed by atoms with Gasteiger partial charge in [0.1, 0.15) is 0 Å². The molecular formula is C20H20ClN5OS2. The molecular weight excluding hydrogens is 426 g/mol. The van der Waals surface area contributed by atoms with Gasteiger partial charge in [-0.2, -0.15) is 0 Å². The second-order valence-electron chi connectivity index (χ2n) is 6.50. The third-order valence-corrected chi connectivity index (χ3v) is 6.89. The third kappa shape index (κ3) is 5.41. The van der Waals surface area contributed by atoms with Gasteiger partial charge in [0.25, 0.3) is 0 Å². The van der Waals surface area contributed by atoms with Gasteiger partial charge in [0, 0.05) is 42.6 Å². The molecule has 1 aliphatic heterocycles. The van der Waals surface area contributed by atoms with Crippen LogP contribution in [0.15, 0.2) is 58.9 Å². The molecule has 1 N–H and O–H groups in total. The van der Waals surface area contributed by atoms with Gasteiger partial charge in [0.15, 0.2) is 4.34 Å². The summed E-state index contributed by atoms with van der Waals surface area (Å²) in [5.41, 5.74) is 1.99. The summed E-state index contributed by atoms with van der Waals surface area (Å²) in [6.45, 7) is 3.72. The van der Waals surface area contributed by atoms with E-state index in [1.54, 1.807) is 24.3 Å². The van der Waals surface area contributed by atoms with Crippen LogP contribution in [-0.2, 0) is 4.79 Å². The number of aromatic nitrogens is 2. The largest absolute Gasteiger partial charge is 0.368 e. The van der Waals surface area contributed by atoms with Crippen LogP contribution >= 0.6 is 34.7 Å². The van der Waals surface area contributed by atoms with Crippen LogP contribution in [0.25, 0.3) is 0 Å². The molecule has 1 fully saturated rings. The highest BCUT2D eigenvalue weighted by Gasteiger charge is 2.20. The van der Waals surface area contributed by atoms with Crippen molar-refractivity contribution in [3.8, 4) is 0 Å². The molecule has 0 unspecified atom stereocenters. The van der Waals surface area contributed by atoms with Crippen molar-refractivity contribution in [2.45, 2.75) is 4.34 Å². The number of carbonyl (C=O) groups excluding carboxylic acids is 1. The standard InChI is InChI=1S/C20H20ClN5OS2/c21-15-6-8-16(9-7-15)22-18(27)14-28-20-24-23-19(29-20)26-12-10-25(11-13-26)17-4-2-1-3-5-17/h1-9H,10-14H2,(H,22,27). The molecule has 6 nitrogen and oxygen atoms in total. The first-order valence-corrected chi connectivity index (χ1v) is 11.4. The molecule has 0 radical (unpaired) electrons. The van der Waals surface area contributed by atoms with Crippen molar-refractivity contribution in [2.24, 2.45) is 0 Å². The normalized spacial score (nSPS) is 14.1. The molecule has 1 amide bonds. The number of halogens is 1. The predicted octanol–water partition coefficient (Wildman–Crippen LogP) is 4.25.